The molecule has 0 atom stereocenters. The van der Waals surface area contributed by atoms with Crippen LogP contribution in [0, 0.1) is 17.8 Å². The fourth-order valence-electron chi connectivity index (χ4n) is 4.81. The molecule has 2 amide bonds. The topological polar surface area (TPSA) is 89.9 Å². The maximum atomic E-state index is 11.9. The van der Waals surface area contributed by atoms with Crippen molar-refractivity contribution in [1.29, 1.82) is 0 Å². The summed E-state index contributed by atoms with van der Waals surface area (Å²) in [7, 11) is 0. The fraction of sp³-hybridized carbons (Fsp3) is 0.923. The summed E-state index contributed by atoms with van der Waals surface area (Å²) in [6.45, 7) is 0.715. The van der Waals surface area contributed by atoms with Crippen molar-refractivity contribution in [3.05, 3.63) is 10.4 Å². The van der Waals surface area contributed by atoms with Crippen LogP contribution >= 0.6 is 0 Å². The number of urea groups is 1. The number of azide groups is 1. The van der Waals surface area contributed by atoms with E-state index in [2.05, 4.69) is 20.7 Å². The summed E-state index contributed by atoms with van der Waals surface area (Å²) in [6.07, 6.45) is 7.59. The highest BCUT2D eigenvalue weighted by Crippen LogP contribution is 2.55. The van der Waals surface area contributed by atoms with Crippen LogP contribution in [0.4, 0.5) is 4.79 Å². The van der Waals surface area contributed by atoms with Crippen LogP contribution in [0.25, 0.3) is 10.4 Å². The van der Waals surface area contributed by atoms with E-state index in [0.717, 1.165) is 37.0 Å². The first-order valence-electron chi connectivity index (χ1n) is 7.26. The van der Waals surface area contributed by atoms with Crippen molar-refractivity contribution in [2.45, 2.75) is 44.1 Å². The summed E-state index contributed by atoms with van der Waals surface area (Å²) in [5.74, 6) is 2.49. The Hall–Kier alpha value is -1.42. The number of nitrogens with one attached hydrogen (secondary N) is 2. The molecular formula is C13H21N5O. The minimum atomic E-state index is -0.102. The number of carbonyl (C=O) groups is 1. The van der Waals surface area contributed by atoms with Crippen molar-refractivity contribution in [2.75, 3.05) is 13.1 Å². The van der Waals surface area contributed by atoms with E-state index >= 15 is 0 Å². The van der Waals surface area contributed by atoms with Gasteiger partial charge in [0.15, 0.2) is 0 Å². The zero-order valence-corrected chi connectivity index (χ0v) is 11.1. The van der Waals surface area contributed by atoms with Gasteiger partial charge in [-0.1, -0.05) is 5.11 Å². The number of nitrogens with zero attached hydrogens (tertiary/aromatic N) is 3. The highest BCUT2D eigenvalue weighted by molar-refractivity contribution is 5.74. The van der Waals surface area contributed by atoms with Gasteiger partial charge >= 0.3 is 6.03 Å². The van der Waals surface area contributed by atoms with Gasteiger partial charge in [-0.25, -0.2) is 4.79 Å². The minimum absolute atomic E-state index is 0.0529. The van der Waals surface area contributed by atoms with Crippen molar-refractivity contribution in [2.24, 2.45) is 22.9 Å². The van der Waals surface area contributed by atoms with E-state index in [9.17, 15) is 4.79 Å². The average molecular weight is 263 g/mol. The van der Waals surface area contributed by atoms with E-state index in [1.54, 1.807) is 0 Å². The van der Waals surface area contributed by atoms with Crippen molar-refractivity contribution in [3.63, 3.8) is 0 Å². The molecule has 4 aliphatic carbocycles. The van der Waals surface area contributed by atoms with E-state index in [-0.39, 0.29) is 11.6 Å². The highest BCUT2D eigenvalue weighted by Gasteiger charge is 2.51. The highest BCUT2D eigenvalue weighted by atomic mass is 16.2. The van der Waals surface area contributed by atoms with E-state index < -0.39 is 0 Å². The standard InChI is InChI=1S/C13H21N5O/c14-18-16-2-1-15-12(19)17-13-6-9-3-10(7-13)5-11(4-9)8-13/h9-11H,1-8H2,(H2,15,17,19). The molecule has 0 heterocycles. The quantitative estimate of drug-likeness (QED) is 0.347. The Balaban J connectivity index is 1.54. The van der Waals surface area contributed by atoms with Gasteiger partial charge < -0.3 is 10.6 Å². The zero-order valence-electron chi connectivity index (χ0n) is 11.1. The van der Waals surface area contributed by atoms with Gasteiger partial charge in [-0.3, -0.25) is 0 Å². The summed E-state index contributed by atoms with van der Waals surface area (Å²) >= 11 is 0. The summed E-state index contributed by atoms with van der Waals surface area (Å²) < 4.78 is 0. The molecule has 0 spiro atoms. The third-order valence-electron chi connectivity index (χ3n) is 4.98. The smallest absolute Gasteiger partial charge is 0.315 e. The summed E-state index contributed by atoms with van der Waals surface area (Å²) in [4.78, 5) is 14.6. The van der Waals surface area contributed by atoms with E-state index in [4.69, 9.17) is 5.53 Å². The first kappa shape index (κ1) is 12.6. The Morgan fingerprint density at radius 1 is 1.21 bits per heavy atom. The van der Waals surface area contributed by atoms with Crippen LogP contribution in [-0.4, -0.2) is 24.7 Å². The summed E-state index contributed by atoms with van der Waals surface area (Å²) in [6, 6.07) is -0.102. The Kier molecular flexibility index (Phi) is 3.27. The number of hydrogen-bond acceptors (Lipinski definition) is 2. The molecule has 0 saturated heterocycles. The third kappa shape index (κ3) is 2.63. The van der Waals surface area contributed by atoms with E-state index in [0.29, 0.717) is 13.1 Å². The molecule has 0 aromatic heterocycles. The maximum Gasteiger partial charge on any atom is 0.315 e. The molecule has 4 saturated carbocycles. The molecule has 2 N–H and O–H groups in total. The molecule has 6 heteroatoms. The molecule has 6 nitrogen and oxygen atoms in total. The lowest BCUT2D eigenvalue weighted by molar-refractivity contribution is -0.0135. The van der Waals surface area contributed by atoms with E-state index in [1.165, 1.54) is 19.3 Å². The predicted octanol–water partition coefficient (Wildman–Crippen LogP) is 2.56. The van der Waals surface area contributed by atoms with Crippen molar-refractivity contribution < 1.29 is 4.79 Å². The molecule has 104 valence electrons. The SMILES string of the molecule is [N-]=[N+]=NCCNC(=O)NC12CC3CC(CC(C3)C1)C2. The van der Waals surface area contributed by atoms with Gasteiger partial charge in [-0.15, -0.1) is 0 Å². The lowest BCUT2D eigenvalue weighted by Crippen LogP contribution is -2.61. The fourth-order valence-corrected chi connectivity index (χ4v) is 4.81. The first-order chi connectivity index (χ1) is 9.19. The second-order valence-electron chi connectivity index (χ2n) is 6.53. The number of rotatable bonds is 4. The van der Waals surface area contributed by atoms with Crippen molar-refractivity contribution >= 4 is 6.03 Å². The second-order valence-corrected chi connectivity index (χ2v) is 6.53. The minimum Gasteiger partial charge on any atom is -0.338 e. The van der Waals surface area contributed by atoms with E-state index in [1.807, 2.05) is 0 Å². The van der Waals surface area contributed by atoms with Crippen LogP contribution in [-0.2, 0) is 0 Å². The molecule has 4 aliphatic rings. The lowest BCUT2D eigenvalue weighted by Gasteiger charge is -2.56. The maximum absolute atomic E-state index is 11.9. The van der Waals surface area contributed by atoms with Gasteiger partial charge in [0.05, 0.1) is 0 Å². The van der Waals surface area contributed by atoms with Gasteiger partial charge in [0, 0.05) is 23.5 Å². The molecule has 0 aliphatic heterocycles. The monoisotopic (exact) mass is 263 g/mol. The van der Waals surface area contributed by atoms with Crippen LogP contribution in [0.15, 0.2) is 5.11 Å². The molecule has 0 aromatic rings. The Morgan fingerprint density at radius 2 is 1.79 bits per heavy atom. The molecule has 0 radical (unpaired) electrons. The van der Waals surface area contributed by atoms with Gasteiger partial charge in [-0.2, -0.15) is 0 Å². The Labute approximate surface area is 112 Å². The zero-order chi connectivity index (χ0) is 13.3. The lowest BCUT2D eigenvalue weighted by atomic mass is 9.53. The van der Waals surface area contributed by atoms with Crippen LogP contribution in [0.1, 0.15) is 38.5 Å². The normalized spacial score (nSPS) is 38.6. The Bertz CT molecular complexity index is 380. The van der Waals surface area contributed by atoms with Crippen LogP contribution < -0.4 is 10.6 Å². The molecule has 0 aromatic carbocycles. The van der Waals surface area contributed by atoms with Gasteiger partial charge in [0.25, 0.3) is 0 Å². The van der Waals surface area contributed by atoms with Crippen LogP contribution in [0.2, 0.25) is 0 Å². The Morgan fingerprint density at radius 3 is 2.32 bits per heavy atom. The number of amides is 2. The molecular weight excluding hydrogens is 242 g/mol. The molecule has 4 rings (SSSR count). The van der Waals surface area contributed by atoms with Crippen LogP contribution in [0.3, 0.4) is 0 Å². The summed E-state index contributed by atoms with van der Waals surface area (Å²) in [5, 5.41) is 9.40. The van der Waals surface area contributed by atoms with Crippen molar-refractivity contribution in [3.8, 4) is 0 Å². The largest absolute Gasteiger partial charge is 0.338 e. The summed E-state index contributed by atoms with van der Waals surface area (Å²) in [5.41, 5.74) is 8.23. The molecule has 0 unspecified atom stereocenters. The number of carbonyl (C=O) groups excluding carboxylic acids is 1. The first-order valence-corrected chi connectivity index (χ1v) is 7.26. The molecule has 4 bridgehead atoms. The molecule has 4 fully saturated rings. The van der Waals surface area contributed by atoms with Crippen LogP contribution in [0.5, 0.6) is 0 Å². The van der Waals surface area contributed by atoms with Crippen molar-refractivity contribution in [1.82, 2.24) is 10.6 Å². The van der Waals surface area contributed by atoms with Gasteiger partial charge in [0.2, 0.25) is 0 Å². The molecule has 19 heavy (non-hydrogen) atoms. The van der Waals surface area contributed by atoms with Gasteiger partial charge in [-0.05, 0) is 61.8 Å². The van der Waals surface area contributed by atoms with Gasteiger partial charge in [0.1, 0.15) is 0 Å². The second kappa shape index (κ2) is 4.93. The number of hydrogen-bond donors (Lipinski definition) is 2. The third-order valence-corrected chi connectivity index (χ3v) is 4.98. The predicted molar refractivity (Wildman–Crippen MR) is 71.5 cm³/mol. The average Bonchev–Trinajstić information content (AvgIpc) is 2.32.